The maximum absolute atomic E-state index is 13.1. The maximum atomic E-state index is 13.1. The molecule has 3 atom stereocenters. The fourth-order valence-electron chi connectivity index (χ4n) is 4.06. The van der Waals surface area contributed by atoms with Gasteiger partial charge in [0.1, 0.15) is 11.9 Å². The molecule has 8 heteroatoms. The van der Waals surface area contributed by atoms with Crippen molar-refractivity contribution in [3.05, 3.63) is 60.6 Å². The highest BCUT2D eigenvalue weighted by Gasteiger charge is 2.54. The number of benzene rings is 1. The van der Waals surface area contributed by atoms with Gasteiger partial charge in [-0.15, -0.1) is 0 Å². The summed E-state index contributed by atoms with van der Waals surface area (Å²) in [6.45, 7) is 1.92. The second kappa shape index (κ2) is 6.88. The number of hydrogen-bond acceptors (Lipinski definition) is 6. The topological polar surface area (TPSA) is 83.9 Å². The van der Waals surface area contributed by atoms with Crippen molar-refractivity contribution in [2.45, 2.75) is 31.8 Å². The number of carbonyl (C=O) groups is 1. The predicted molar refractivity (Wildman–Crippen MR) is 106 cm³/mol. The monoisotopic (exact) mass is 390 g/mol. The van der Waals surface area contributed by atoms with E-state index in [9.17, 15) is 9.18 Å². The third-order valence-corrected chi connectivity index (χ3v) is 5.59. The quantitative estimate of drug-likeness (QED) is 0.737. The Hall–Kier alpha value is -3.42. The molecule has 0 bridgehead atoms. The molecule has 1 amide bonds. The maximum Gasteiger partial charge on any atom is 0.247 e. The number of aromatic nitrogens is 4. The summed E-state index contributed by atoms with van der Waals surface area (Å²) in [5.74, 6) is 1.14. The molecule has 0 spiro atoms. The standard InChI is InChI=1S/C21H19FN6O/c1-12-2-3-15(8-16(12)20-25-9-14(22)10-26-20)27-21(29)18-7-13-6-17(13)28(18)19-11-23-4-5-24-19/h2-5,8-11,13,17-18H,6-7H2,1H3,(H,27,29)/t13?,17?,18-/m1/s1. The summed E-state index contributed by atoms with van der Waals surface area (Å²) < 4.78 is 13.1. The summed E-state index contributed by atoms with van der Waals surface area (Å²) in [5, 5.41) is 3.02. The van der Waals surface area contributed by atoms with Crippen LogP contribution < -0.4 is 10.2 Å². The number of amides is 1. The molecule has 1 saturated carbocycles. The second-order valence-electron chi connectivity index (χ2n) is 7.53. The van der Waals surface area contributed by atoms with Gasteiger partial charge in [0.15, 0.2) is 11.6 Å². The lowest BCUT2D eigenvalue weighted by molar-refractivity contribution is -0.117. The van der Waals surface area contributed by atoms with Crippen LogP contribution in [0.4, 0.5) is 15.9 Å². The Morgan fingerprint density at radius 3 is 2.72 bits per heavy atom. The first kappa shape index (κ1) is 17.7. The van der Waals surface area contributed by atoms with Gasteiger partial charge >= 0.3 is 0 Å². The number of halogens is 1. The van der Waals surface area contributed by atoms with Crippen LogP contribution in [0.3, 0.4) is 0 Å². The van der Waals surface area contributed by atoms with E-state index in [4.69, 9.17) is 0 Å². The van der Waals surface area contributed by atoms with Crippen molar-refractivity contribution in [2.24, 2.45) is 5.92 Å². The molecule has 1 aromatic carbocycles. The van der Waals surface area contributed by atoms with Crippen molar-refractivity contribution in [2.75, 3.05) is 10.2 Å². The smallest absolute Gasteiger partial charge is 0.247 e. The van der Waals surface area contributed by atoms with Gasteiger partial charge < -0.3 is 10.2 Å². The average molecular weight is 390 g/mol. The van der Waals surface area contributed by atoms with Crippen molar-refractivity contribution in [3.8, 4) is 11.4 Å². The highest BCUT2D eigenvalue weighted by Crippen LogP contribution is 2.49. The molecule has 29 heavy (non-hydrogen) atoms. The summed E-state index contributed by atoms with van der Waals surface area (Å²) in [4.78, 5) is 31.8. The molecule has 0 radical (unpaired) electrons. The second-order valence-corrected chi connectivity index (χ2v) is 7.53. The number of aryl methyl sites for hydroxylation is 1. The lowest BCUT2D eigenvalue weighted by Crippen LogP contribution is -2.42. The minimum Gasteiger partial charge on any atom is -0.340 e. The Labute approximate surface area is 167 Å². The van der Waals surface area contributed by atoms with E-state index in [1.807, 2.05) is 25.1 Å². The number of piperidine rings is 1. The summed E-state index contributed by atoms with van der Waals surface area (Å²) >= 11 is 0. The van der Waals surface area contributed by atoms with Gasteiger partial charge in [-0.05, 0) is 43.4 Å². The van der Waals surface area contributed by atoms with Gasteiger partial charge in [0.2, 0.25) is 5.91 Å². The fourth-order valence-corrected chi connectivity index (χ4v) is 4.06. The molecule has 1 saturated heterocycles. The Morgan fingerprint density at radius 2 is 1.97 bits per heavy atom. The zero-order valence-electron chi connectivity index (χ0n) is 15.8. The molecule has 2 fully saturated rings. The average Bonchev–Trinajstić information content (AvgIpc) is 3.40. The zero-order chi connectivity index (χ0) is 20.0. The number of nitrogens with one attached hydrogen (secondary N) is 1. The lowest BCUT2D eigenvalue weighted by atomic mass is 10.1. The third-order valence-electron chi connectivity index (χ3n) is 5.59. The first-order valence-electron chi connectivity index (χ1n) is 9.54. The van der Waals surface area contributed by atoms with Gasteiger partial charge in [0.05, 0.1) is 18.6 Å². The number of rotatable bonds is 4. The largest absolute Gasteiger partial charge is 0.340 e. The van der Waals surface area contributed by atoms with E-state index in [1.165, 1.54) is 0 Å². The Bertz CT molecular complexity index is 1060. The molecule has 2 unspecified atom stereocenters. The van der Waals surface area contributed by atoms with Gasteiger partial charge in [-0.2, -0.15) is 0 Å². The number of fused-ring (bicyclic) bond motifs is 1. The summed E-state index contributed by atoms with van der Waals surface area (Å²) in [6, 6.07) is 5.65. The van der Waals surface area contributed by atoms with Crippen LogP contribution in [0.2, 0.25) is 0 Å². The molecule has 2 aliphatic rings. The van der Waals surface area contributed by atoms with E-state index < -0.39 is 5.82 Å². The highest BCUT2D eigenvalue weighted by atomic mass is 19.1. The minimum absolute atomic E-state index is 0.0716. The zero-order valence-corrected chi connectivity index (χ0v) is 15.8. The molecular formula is C21H19FN6O. The lowest BCUT2D eigenvalue weighted by Gasteiger charge is -2.27. The van der Waals surface area contributed by atoms with Crippen molar-refractivity contribution in [1.82, 2.24) is 19.9 Å². The van der Waals surface area contributed by atoms with Crippen molar-refractivity contribution in [1.29, 1.82) is 0 Å². The van der Waals surface area contributed by atoms with Crippen molar-refractivity contribution < 1.29 is 9.18 Å². The van der Waals surface area contributed by atoms with Crippen LogP contribution in [0, 0.1) is 18.7 Å². The van der Waals surface area contributed by atoms with Crippen LogP contribution in [0.15, 0.2) is 49.2 Å². The van der Waals surface area contributed by atoms with Crippen LogP contribution in [-0.2, 0) is 4.79 Å². The van der Waals surface area contributed by atoms with E-state index in [2.05, 4.69) is 30.2 Å². The van der Waals surface area contributed by atoms with E-state index in [-0.39, 0.29) is 11.9 Å². The van der Waals surface area contributed by atoms with Crippen LogP contribution in [0.1, 0.15) is 18.4 Å². The first-order chi connectivity index (χ1) is 14.1. The highest BCUT2D eigenvalue weighted by molar-refractivity contribution is 5.98. The van der Waals surface area contributed by atoms with E-state index in [0.717, 1.165) is 42.2 Å². The Kier molecular flexibility index (Phi) is 4.19. The molecule has 146 valence electrons. The predicted octanol–water partition coefficient (Wildman–Crippen LogP) is 2.99. The molecule has 3 aromatic rings. The normalized spacial score (nSPS) is 22.3. The van der Waals surface area contributed by atoms with Crippen molar-refractivity contribution in [3.63, 3.8) is 0 Å². The molecular weight excluding hydrogens is 371 g/mol. The van der Waals surface area contributed by atoms with Gasteiger partial charge in [0.25, 0.3) is 0 Å². The van der Waals surface area contributed by atoms with E-state index >= 15 is 0 Å². The molecule has 1 aliphatic heterocycles. The van der Waals surface area contributed by atoms with Gasteiger partial charge in [0, 0.05) is 29.7 Å². The van der Waals surface area contributed by atoms with Gasteiger partial charge in [-0.1, -0.05) is 6.07 Å². The SMILES string of the molecule is Cc1ccc(NC(=O)[C@H]2CC3CC3N2c2cnccn2)cc1-c1ncc(F)cn1. The van der Waals surface area contributed by atoms with Crippen LogP contribution in [-0.4, -0.2) is 37.9 Å². The Morgan fingerprint density at radius 1 is 1.14 bits per heavy atom. The number of anilines is 2. The third kappa shape index (κ3) is 3.30. The number of carbonyl (C=O) groups excluding carboxylic acids is 1. The molecule has 3 heterocycles. The van der Waals surface area contributed by atoms with Crippen LogP contribution in [0.5, 0.6) is 0 Å². The minimum atomic E-state index is -0.486. The van der Waals surface area contributed by atoms with Crippen LogP contribution in [0.25, 0.3) is 11.4 Å². The number of hydrogen-bond donors (Lipinski definition) is 1. The first-order valence-corrected chi connectivity index (χ1v) is 9.54. The summed E-state index contributed by atoms with van der Waals surface area (Å²) in [6.07, 6.45) is 9.16. The summed E-state index contributed by atoms with van der Waals surface area (Å²) in [7, 11) is 0. The molecule has 1 aliphatic carbocycles. The fraction of sp³-hybridized carbons (Fsp3) is 0.286. The number of nitrogens with zero attached hydrogens (tertiary/aromatic N) is 5. The summed E-state index contributed by atoms with van der Waals surface area (Å²) in [5.41, 5.74) is 2.35. The van der Waals surface area contributed by atoms with Crippen molar-refractivity contribution >= 4 is 17.4 Å². The van der Waals surface area contributed by atoms with E-state index in [0.29, 0.717) is 23.5 Å². The van der Waals surface area contributed by atoms with Gasteiger partial charge in [-0.25, -0.2) is 19.3 Å². The Balaban J connectivity index is 1.38. The molecule has 5 rings (SSSR count). The molecule has 7 nitrogen and oxygen atoms in total. The molecule has 2 aromatic heterocycles. The van der Waals surface area contributed by atoms with Gasteiger partial charge in [-0.3, -0.25) is 9.78 Å². The molecule has 1 N–H and O–H groups in total. The van der Waals surface area contributed by atoms with E-state index in [1.54, 1.807) is 18.6 Å². The van der Waals surface area contributed by atoms with Crippen LogP contribution >= 0.6 is 0 Å².